The molecular weight excluding hydrogens is 212 g/mol. The predicted octanol–water partition coefficient (Wildman–Crippen LogP) is 1.08. The van der Waals surface area contributed by atoms with Gasteiger partial charge in [0.05, 0.1) is 4.75 Å². The van der Waals surface area contributed by atoms with Crippen LogP contribution in [0.5, 0.6) is 0 Å². The summed E-state index contributed by atoms with van der Waals surface area (Å²) in [5.74, 6) is 0.432. The van der Waals surface area contributed by atoms with E-state index in [1.165, 1.54) is 0 Å². The largest absolute Gasteiger partial charge is 0.329 e. The van der Waals surface area contributed by atoms with Crippen molar-refractivity contribution in [2.24, 2.45) is 11.7 Å². The molecule has 0 aliphatic carbocycles. The van der Waals surface area contributed by atoms with Gasteiger partial charge in [0.15, 0.2) is 0 Å². The van der Waals surface area contributed by atoms with E-state index in [9.17, 15) is 8.42 Å². The quantitative estimate of drug-likeness (QED) is 0.750. The maximum atomic E-state index is 11.8. The van der Waals surface area contributed by atoms with Crippen LogP contribution < -0.4 is 10.5 Å². The van der Waals surface area contributed by atoms with Gasteiger partial charge in [-0.25, -0.2) is 13.1 Å². The van der Waals surface area contributed by atoms with Gasteiger partial charge in [0, 0.05) is 12.6 Å². The van der Waals surface area contributed by atoms with E-state index in [0.717, 1.165) is 6.42 Å². The molecule has 0 saturated heterocycles. The second-order valence-corrected chi connectivity index (χ2v) is 7.76. The van der Waals surface area contributed by atoms with E-state index >= 15 is 0 Å². The molecule has 0 bridgehead atoms. The fraction of sp³-hybridized carbons (Fsp3) is 1.00. The fourth-order valence-electron chi connectivity index (χ4n) is 1.16. The molecule has 5 heteroatoms. The molecule has 0 heterocycles. The van der Waals surface area contributed by atoms with Crippen LogP contribution in [0.3, 0.4) is 0 Å². The van der Waals surface area contributed by atoms with Crippen LogP contribution >= 0.6 is 0 Å². The van der Waals surface area contributed by atoms with Crippen molar-refractivity contribution in [2.75, 3.05) is 6.54 Å². The maximum absolute atomic E-state index is 11.8. The van der Waals surface area contributed by atoms with Crippen LogP contribution in [-0.4, -0.2) is 25.8 Å². The van der Waals surface area contributed by atoms with E-state index in [1.807, 2.05) is 13.8 Å². The predicted molar refractivity (Wildman–Crippen MR) is 64.1 cm³/mol. The van der Waals surface area contributed by atoms with E-state index in [0.29, 0.717) is 12.5 Å². The molecule has 0 aromatic rings. The monoisotopic (exact) mass is 236 g/mol. The maximum Gasteiger partial charge on any atom is 0.216 e. The first-order valence-corrected chi connectivity index (χ1v) is 6.80. The topological polar surface area (TPSA) is 72.2 Å². The molecule has 3 N–H and O–H groups in total. The van der Waals surface area contributed by atoms with Crippen molar-refractivity contribution in [2.45, 2.75) is 51.8 Å². The number of nitrogens with two attached hydrogens (primary N) is 1. The first-order chi connectivity index (χ1) is 6.60. The van der Waals surface area contributed by atoms with Gasteiger partial charge in [-0.15, -0.1) is 0 Å². The Morgan fingerprint density at radius 1 is 1.27 bits per heavy atom. The van der Waals surface area contributed by atoms with Crippen LogP contribution in [0.15, 0.2) is 0 Å². The molecule has 0 saturated carbocycles. The van der Waals surface area contributed by atoms with Gasteiger partial charge in [0.1, 0.15) is 0 Å². The first-order valence-electron chi connectivity index (χ1n) is 5.32. The molecular formula is C10H24N2O2S. The standard InChI is InChI=1S/C10H24N2O2S/c1-8(2)6-9(7-11)12-15(13,14)10(3,4)5/h8-9,12H,6-7,11H2,1-5H3. The number of hydrogen-bond acceptors (Lipinski definition) is 3. The van der Waals surface area contributed by atoms with Gasteiger partial charge in [0.25, 0.3) is 0 Å². The summed E-state index contributed by atoms with van der Waals surface area (Å²) in [6.45, 7) is 9.48. The Morgan fingerprint density at radius 3 is 2.00 bits per heavy atom. The summed E-state index contributed by atoms with van der Waals surface area (Å²) < 4.78 is 25.6. The molecule has 15 heavy (non-hydrogen) atoms. The second kappa shape index (κ2) is 5.27. The van der Waals surface area contributed by atoms with E-state index in [2.05, 4.69) is 4.72 Å². The average Bonchev–Trinajstić information content (AvgIpc) is 1.99. The van der Waals surface area contributed by atoms with Crippen molar-refractivity contribution >= 4 is 10.0 Å². The van der Waals surface area contributed by atoms with Gasteiger partial charge in [-0.05, 0) is 33.1 Å². The molecule has 0 aromatic heterocycles. The highest BCUT2D eigenvalue weighted by Gasteiger charge is 2.30. The molecule has 1 atom stereocenters. The molecule has 0 rings (SSSR count). The number of rotatable bonds is 5. The average molecular weight is 236 g/mol. The van der Waals surface area contributed by atoms with Crippen molar-refractivity contribution in [3.8, 4) is 0 Å². The zero-order valence-electron chi connectivity index (χ0n) is 10.4. The summed E-state index contributed by atoms with van der Waals surface area (Å²) in [4.78, 5) is 0. The molecule has 0 fully saturated rings. The van der Waals surface area contributed by atoms with Crippen LogP contribution in [0.2, 0.25) is 0 Å². The van der Waals surface area contributed by atoms with Gasteiger partial charge < -0.3 is 5.73 Å². The Bertz CT molecular complexity index is 278. The summed E-state index contributed by atoms with van der Waals surface area (Å²) in [6, 6.07) is -0.158. The van der Waals surface area contributed by atoms with Crippen molar-refractivity contribution < 1.29 is 8.42 Å². The van der Waals surface area contributed by atoms with Crippen LogP contribution in [0.1, 0.15) is 41.0 Å². The highest BCUT2D eigenvalue weighted by molar-refractivity contribution is 7.90. The van der Waals surface area contributed by atoms with Gasteiger partial charge in [-0.2, -0.15) is 0 Å². The van der Waals surface area contributed by atoms with Crippen LogP contribution in [0.25, 0.3) is 0 Å². The van der Waals surface area contributed by atoms with Gasteiger partial charge in [-0.1, -0.05) is 13.8 Å². The zero-order chi connectivity index (χ0) is 12.3. The molecule has 0 aliphatic rings. The Labute approximate surface area is 93.7 Å². The molecule has 0 amide bonds. The van der Waals surface area contributed by atoms with E-state index in [4.69, 9.17) is 5.73 Å². The Balaban J connectivity index is 4.56. The number of hydrogen-bond donors (Lipinski definition) is 2. The molecule has 0 aliphatic heterocycles. The molecule has 1 unspecified atom stereocenters. The molecule has 0 radical (unpaired) electrons. The highest BCUT2D eigenvalue weighted by Crippen LogP contribution is 2.15. The Hall–Kier alpha value is -0.130. The van der Waals surface area contributed by atoms with Crippen LogP contribution in [0, 0.1) is 5.92 Å². The minimum absolute atomic E-state index is 0.158. The van der Waals surface area contributed by atoms with Crippen molar-refractivity contribution in [1.29, 1.82) is 0 Å². The lowest BCUT2D eigenvalue weighted by molar-refractivity contribution is 0.456. The lowest BCUT2D eigenvalue weighted by atomic mass is 10.1. The third kappa shape index (κ3) is 4.95. The number of nitrogens with one attached hydrogen (secondary N) is 1. The zero-order valence-corrected chi connectivity index (χ0v) is 11.2. The molecule has 0 spiro atoms. The van der Waals surface area contributed by atoms with E-state index in [-0.39, 0.29) is 6.04 Å². The second-order valence-electron chi connectivity index (χ2n) is 5.30. The summed E-state index contributed by atoms with van der Waals surface area (Å²) in [5.41, 5.74) is 5.54. The lowest BCUT2D eigenvalue weighted by Gasteiger charge is -2.25. The highest BCUT2D eigenvalue weighted by atomic mass is 32.2. The van der Waals surface area contributed by atoms with Crippen LogP contribution in [0.4, 0.5) is 0 Å². The van der Waals surface area contributed by atoms with Gasteiger partial charge >= 0.3 is 0 Å². The summed E-state index contributed by atoms with van der Waals surface area (Å²) in [7, 11) is -3.28. The summed E-state index contributed by atoms with van der Waals surface area (Å²) in [5, 5.41) is 0. The van der Waals surface area contributed by atoms with Crippen LogP contribution in [-0.2, 0) is 10.0 Å². The Morgan fingerprint density at radius 2 is 1.73 bits per heavy atom. The van der Waals surface area contributed by atoms with Crippen molar-refractivity contribution in [3.63, 3.8) is 0 Å². The summed E-state index contributed by atoms with van der Waals surface area (Å²) >= 11 is 0. The smallest absolute Gasteiger partial charge is 0.216 e. The van der Waals surface area contributed by atoms with E-state index in [1.54, 1.807) is 20.8 Å². The molecule has 92 valence electrons. The van der Waals surface area contributed by atoms with Gasteiger partial charge in [0.2, 0.25) is 10.0 Å². The Kier molecular flexibility index (Phi) is 5.23. The third-order valence-corrected chi connectivity index (χ3v) is 4.42. The normalized spacial score (nSPS) is 15.7. The fourth-order valence-corrected chi connectivity index (χ4v) is 2.14. The summed E-state index contributed by atoms with van der Waals surface area (Å²) in [6.07, 6.45) is 0.770. The molecule has 0 aromatic carbocycles. The third-order valence-electron chi connectivity index (χ3n) is 2.17. The SMILES string of the molecule is CC(C)CC(CN)NS(=O)(=O)C(C)(C)C. The first kappa shape index (κ1) is 14.9. The lowest BCUT2D eigenvalue weighted by Crippen LogP contribution is -2.47. The minimum Gasteiger partial charge on any atom is -0.329 e. The van der Waals surface area contributed by atoms with Crippen molar-refractivity contribution in [3.05, 3.63) is 0 Å². The van der Waals surface area contributed by atoms with Crippen molar-refractivity contribution in [1.82, 2.24) is 4.72 Å². The van der Waals surface area contributed by atoms with E-state index < -0.39 is 14.8 Å². The molecule has 4 nitrogen and oxygen atoms in total. The number of sulfonamides is 1. The van der Waals surface area contributed by atoms with Gasteiger partial charge in [-0.3, -0.25) is 0 Å². The minimum atomic E-state index is -3.28.